The van der Waals surface area contributed by atoms with Gasteiger partial charge in [-0.1, -0.05) is 30.1 Å². The third-order valence-corrected chi connectivity index (χ3v) is 4.21. The lowest BCUT2D eigenvalue weighted by atomic mass is 10.0. The van der Waals surface area contributed by atoms with Crippen LogP contribution in [0.25, 0.3) is 0 Å². The van der Waals surface area contributed by atoms with Crippen LogP contribution >= 0.6 is 35.4 Å². The number of likely N-dealkylation sites (tertiary alicyclic amines) is 1. The molecule has 1 aromatic carbocycles. The van der Waals surface area contributed by atoms with Crippen molar-refractivity contribution >= 4 is 46.2 Å². The van der Waals surface area contributed by atoms with Crippen LogP contribution in [-0.2, 0) is 0 Å². The van der Waals surface area contributed by atoms with Crippen LogP contribution in [0.2, 0.25) is 10.0 Å². The largest absolute Gasteiger partial charge is 0.349 e. The number of benzene rings is 1. The first-order valence-electron chi connectivity index (χ1n) is 6.07. The summed E-state index contributed by atoms with van der Waals surface area (Å²) in [7, 11) is 0. The van der Waals surface area contributed by atoms with Crippen LogP contribution in [0, 0.1) is 5.92 Å². The number of piperidine rings is 1. The van der Waals surface area contributed by atoms with Crippen LogP contribution in [0.5, 0.6) is 0 Å². The Morgan fingerprint density at radius 1 is 1.39 bits per heavy atom. The van der Waals surface area contributed by atoms with Crippen molar-refractivity contribution in [1.29, 1.82) is 0 Å². The molecule has 1 unspecified atom stereocenters. The number of nitrogens with one attached hydrogen (secondary N) is 1. The molecule has 0 amide bonds. The van der Waals surface area contributed by atoms with E-state index >= 15 is 0 Å². The first kappa shape index (κ1) is 13.9. The van der Waals surface area contributed by atoms with Gasteiger partial charge in [0.05, 0.1) is 10.0 Å². The number of thiocarbonyl (C=S) groups is 1. The molecule has 1 aliphatic heterocycles. The fraction of sp³-hybridized carbons (Fsp3) is 0.462. The first-order valence-corrected chi connectivity index (χ1v) is 7.23. The average molecular weight is 303 g/mol. The molecule has 0 aromatic heterocycles. The Morgan fingerprint density at radius 3 is 2.83 bits per heavy atom. The molecule has 1 aliphatic rings. The third-order valence-electron chi connectivity index (χ3n) is 3.12. The molecule has 18 heavy (non-hydrogen) atoms. The van der Waals surface area contributed by atoms with Crippen LogP contribution in [0.15, 0.2) is 18.2 Å². The van der Waals surface area contributed by atoms with Crippen molar-refractivity contribution < 1.29 is 0 Å². The van der Waals surface area contributed by atoms with Gasteiger partial charge in [0, 0.05) is 18.8 Å². The highest BCUT2D eigenvalue weighted by atomic mass is 35.5. The van der Waals surface area contributed by atoms with Crippen molar-refractivity contribution in [3.63, 3.8) is 0 Å². The zero-order valence-electron chi connectivity index (χ0n) is 10.2. The Balaban J connectivity index is 2.00. The Bertz CT molecular complexity index is 451. The van der Waals surface area contributed by atoms with Gasteiger partial charge < -0.3 is 10.2 Å². The second-order valence-electron chi connectivity index (χ2n) is 4.75. The Kier molecular flexibility index (Phi) is 4.71. The van der Waals surface area contributed by atoms with E-state index in [-0.39, 0.29) is 0 Å². The van der Waals surface area contributed by atoms with Crippen LogP contribution in [0.1, 0.15) is 19.8 Å². The molecule has 5 heteroatoms. The molecule has 1 atom stereocenters. The summed E-state index contributed by atoms with van der Waals surface area (Å²) in [5.74, 6) is 0.701. The van der Waals surface area contributed by atoms with Crippen molar-refractivity contribution in [3.8, 4) is 0 Å². The number of anilines is 1. The minimum absolute atomic E-state index is 0.538. The lowest BCUT2D eigenvalue weighted by Crippen LogP contribution is -2.41. The summed E-state index contributed by atoms with van der Waals surface area (Å²) in [6.45, 7) is 4.30. The number of hydrogen-bond donors (Lipinski definition) is 1. The van der Waals surface area contributed by atoms with Gasteiger partial charge in [0.2, 0.25) is 0 Å². The van der Waals surface area contributed by atoms with Crippen LogP contribution in [0.3, 0.4) is 0 Å². The SMILES string of the molecule is CC1CCCN(C(=S)Nc2ccc(Cl)c(Cl)c2)C1. The molecule has 0 bridgehead atoms. The average Bonchev–Trinajstić information content (AvgIpc) is 2.34. The number of hydrogen-bond acceptors (Lipinski definition) is 1. The molecular formula is C13H16Cl2N2S. The summed E-state index contributed by atoms with van der Waals surface area (Å²) in [6, 6.07) is 5.45. The predicted molar refractivity (Wildman–Crippen MR) is 82.7 cm³/mol. The van der Waals surface area contributed by atoms with Crippen LogP contribution < -0.4 is 5.32 Å². The van der Waals surface area contributed by atoms with E-state index < -0.39 is 0 Å². The quantitative estimate of drug-likeness (QED) is 0.773. The summed E-state index contributed by atoms with van der Waals surface area (Å²) < 4.78 is 0. The minimum atomic E-state index is 0.538. The van der Waals surface area contributed by atoms with E-state index in [1.54, 1.807) is 12.1 Å². The topological polar surface area (TPSA) is 15.3 Å². The molecule has 0 saturated carbocycles. The number of nitrogens with zero attached hydrogens (tertiary/aromatic N) is 1. The van der Waals surface area contributed by atoms with Gasteiger partial charge >= 0.3 is 0 Å². The maximum Gasteiger partial charge on any atom is 0.173 e. The molecule has 2 nitrogen and oxygen atoms in total. The summed E-state index contributed by atoms with van der Waals surface area (Å²) in [6.07, 6.45) is 2.48. The van der Waals surface area contributed by atoms with Crippen LogP contribution in [0.4, 0.5) is 5.69 Å². The summed E-state index contributed by atoms with van der Waals surface area (Å²) in [5, 5.41) is 5.07. The first-order chi connectivity index (χ1) is 8.56. The van der Waals surface area contributed by atoms with E-state index in [2.05, 4.69) is 17.1 Å². The highest BCUT2D eigenvalue weighted by Crippen LogP contribution is 2.25. The molecule has 0 spiro atoms. The number of halogens is 2. The lowest BCUT2D eigenvalue weighted by Gasteiger charge is -2.33. The van der Waals surface area contributed by atoms with E-state index in [0.717, 1.165) is 23.9 Å². The smallest absolute Gasteiger partial charge is 0.173 e. The molecule has 0 radical (unpaired) electrons. The van der Waals surface area contributed by atoms with E-state index in [4.69, 9.17) is 35.4 Å². The predicted octanol–water partition coefficient (Wildman–Crippen LogP) is 4.42. The zero-order valence-corrected chi connectivity index (χ0v) is 12.6. The van der Waals surface area contributed by atoms with Gasteiger partial charge in [-0.25, -0.2) is 0 Å². The molecule has 98 valence electrons. The summed E-state index contributed by atoms with van der Waals surface area (Å²) >= 11 is 17.3. The van der Waals surface area contributed by atoms with E-state index in [1.165, 1.54) is 12.8 Å². The maximum absolute atomic E-state index is 5.98. The highest BCUT2D eigenvalue weighted by Gasteiger charge is 2.18. The third kappa shape index (κ3) is 3.50. The van der Waals surface area contributed by atoms with Gasteiger partial charge in [0.1, 0.15) is 0 Å². The Hall–Kier alpha value is -0.510. The fourth-order valence-electron chi connectivity index (χ4n) is 2.15. The van der Waals surface area contributed by atoms with Crippen molar-refractivity contribution in [2.24, 2.45) is 5.92 Å². The molecule has 0 aliphatic carbocycles. The Labute approximate surface area is 123 Å². The molecule has 1 aromatic rings. The van der Waals surface area contributed by atoms with Gasteiger partial charge in [0.15, 0.2) is 5.11 Å². The maximum atomic E-state index is 5.98. The van der Waals surface area contributed by atoms with Gasteiger partial charge in [-0.15, -0.1) is 0 Å². The molecule has 1 N–H and O–H groups in total. The molecule has 2 rings (SSSR count). The Morgan fingerprint density at radius 2 is 2.17 bits per heavy atom. The number of rotatable bonds is 1. The van der Waals surface area contributed by atoms with Crippen molar-refractivity contribution in [2.45, 2.75) is 19.8 Å². The standard InChI is InChI=1S/C13H16Cl2N2S/c1-9-3-2-6-17(8-9)13(18)16-10-4-5-11(14)12(15)7-10/h4-5,7,9H,2-3,6,8H2,1H3,(H,16,18). The second kappa shape index (κ2) is 6.09. The second-order valence-corrected chi connectivity index (χ2v) is 5.95. The fourth-order valence-corrected chi connectivity index (χ4v) is 2.73. The molecular weight excluding hydrogens is 287 g/mol. The van der Waals surface area contributed by atoms with E-state index in [0.29, 0.717) is 16.0 Å². The normalized spacial score (nSPS) is 19.7. The minimum Gasteiger partial charge on any atom is -0.349 e. The van der Waals surface area contributed by atoms with Gasteiger partial charge in [-0.3, -0.25) is 0 Å². The summed E-state index contributed by atoms with van der Waals surface area (Å²) in [4.78, 5) is 2.21. The van der Waals surface area contributed by atoms with E-state index in [1.807, 2.05) is 6.07 Å². The van der Waals surface area contributed by atoms with Gasteiger partial charge in [-0.2, -0.15) is 0 Å². The highest BCUT2D eigenvalue weighted by molar-refractivity contribution is 7.80. The van der Waals surface area contributed by atoms with Gasteiger partial charge in [-0.05, 0) is 49.2 Å². The lowest BCUT2D eigenvalue weighted by molar-refractivity contribution is 0.276. The molecule has 1 heterocycles. The monoisotopic (exact) mass is 302 g/mol. The van der Waals surface area contributed by atoms with Crippen LogP contribution in [-0.4, -0.2) is 23.1 Å². The van der Waals surface area contributed by atoms with Crippen molar-refractivity contribution in [3.05, 3.63) is 28.2 Å². The zero-order chi connectivity index (χ0) is 13.1. The molecule has 1 fully saturated rings. The van der Waals surface area contributed by atoms with E-state index in [9.17, 15) is 0 Å². The van der Waals surface area contributed by atoms with Crippen molar-refractivity contribution in [2.75, 3.05) is 18.4 Å². The van der Waals surface area contributed by atoms with Gasteiger partial charge in [0.25, 0.3) is 0 Å². The summed E-state index contributed by atoms with van der Waals surface area (Å²) in [5.41, 5.74) is 0.882. The van der Waals surface area contributed by atoms with Crippen molar-refractivity contribution in [1.82, 2.24) is 4.90 Å². The molecule has 1 saturated heterocycles.